The molecule has 1 aliphatic heterocycles. The van der Waals surface area contributed by atoms with E-state index in [0.29, 0.717) is 35.3 Å². The van der Waals surface area contributed by atoms with Crippen LogP contribution in [0.15, 0.2) is 55.0 Å². The van der Waals surface area contributed by atoms with E-state index < -0.39 is 17.8 Å². The monoisotopic (exact) mass is 427 g/mol. The molecule has 1 atom stereocenters. The minimum Gasteiger partial charge on any atom is -0.368 e. The van der Waals surface area contributed by atoms with E-state index in [0.717, 1.165) is 25.0 Å². The van der Waals surface area contributed by atoms with Gasteiger partial charge in [0.15, 0.2) is 0 Å². The minimum absolute atomic E-state index is 0.00470. The number of hydrogen-bond acceptors (Lipinski definition) is 5. The Balaban J connectivity index is 1.78. The maximum atomic E-state index is 13.2. The fourth-order valence-corrected chi connectivity index (χ4v) is 3.86. The molecular weight excluding hydrogens is 407 g/mol. The first-order chi connectivity index (χ1) is 14.8. The van der Waals surface area contributed by atoms with Gasteiger partial charge in [-0.2, -0.15) is 13.2 Å². The van der Waals surface area contributed by atoms with Crippen molar-refractivity contribution in [2.45, 2.75) is 31.5 Å². The van der Waals surface area contributed by atoms with Crippen molar-refractivity contribution >= 4 is 11.9 Å². The highest BCUT2D eigenvalue weighted by Crippen LogP contribution is 2.38. The summed E-state index contributed by atoms with van der Waals surface area (Å²) in [5.74, 6) is -0.199. The zero-order valence-electron chi connectivity index (χ0n) is 16.5. The highest BCUT2D eigenvalue weighted by Gasteiger charge is 2.33. The molecule has 160 valence electrons. The second kappa shape index (κ2) is 8.33. The van der Waals surface area contributed by atoms with Crippen LogP contribution in [0.25, 0.3) is 11.1 Å². The zero-order chi connectivity index (χ0) is 22.0. The van der Waals surface area contributed by atoms with Gasteiger partial charge in [0.2, 0.25) is 5.95 Å². The van der Waals surface area contributed by atoms with E-state index in [-0.39, 0.29) is 11.9 Å². The molecule has 0 saturated carbocycles. The molecule has 0 unspecified atom stereocenters. The first-order valence-electron chi connectivity index (χ1n) is 9.85. The molecule has 1 aromatic carbocycles. The molecule has 4 rings (SSSR count). The van der Waals surface area contributed by atoms with Crippen molar-refractivity contribution in [1.82, 2.24) is 19.9 Å². The van der Waals surface area contributed by atoms with Crippen molar-refractivity contribution in [3.63, 3.8) is 0 Å². The molecule has 3 heterocycles. The number of hydrogen-bond donors (Lipinski definition) is 1. The van der Waals surface area contributed by atoms with Crippen LogP contribution in [0.4, 0.5) is 19.1 Å². The van der Waals surface area contributed by atoms with Gasteiger partial charge < -0.3 is 10.6 Å². The summed E-state index contributed by atoms with van der Waals surface area (Å²) in [4.78, 5) is 27.2. The van der Waals surface area contributed by atoms with E-state index >= 15 is 0 Å². The Morgan fingerprint density at radius 2 is 1.97 bits per heavy atom. The lowest BCUT2D eigenvalue weighted by molar-refractivity contribution is -0.137. The molecule has 9 heteroatoms. The van der Waals surface area contributed by atoms with E-state index in [9.17, 15) is 18.0 Å². The number of carbonyl (C=O) groups excluding carboxylic acids is 1. The van der Waals surface area contributed by atoms with Gasteiger partial charge in [-0.05, 0) is 49.1 Å². The molecule has 0 radical (unpaired) electrons. The van der Waals surface area contributed by atoms with Crippen molar-refractivity contribution in [1.29, 1.82) is 0 Å². The maximum absolute atomic E-state index is 13.2. The van der Waals surface area contributed by atoms with Gasteiger partial charge in [0, 0.05) is 30.7 Å². The van der Waals surface area contributed by atoms with Crippen LogP contribution in [0.5, 0.6) is 0 Å². The Morgan fingerprint density at radius 1 is 1.13 bits per heavy atom. The first-order valence-corrected chi connectivity index (χ1v) is 9.85. The second-order valence-corrected chi connectivity index (χ2v) is 7.36. The van der Waals surface area contributed by atoms with Crippen LogP contribution < -0.4 is 5.73 Å². The van der Waals surface area contributed by atoms with Crippen LogP contribution in [0.1, 0.15) is 46.9 Å². The summed E-state index contributed by atoms with van der Waals surface area (Å²) in [6.07, 6.45) is 2.33. The molecule has 1 amide bonds. The SMILES string of the molecule is Nc1ncc(-c2cccc(C(F)(F)F)c2)c([C@@H]2CCCCN2C(=O)c2cccnc2)n1. The number of nitrogens with zero attached hydrogens (tertiary/aromatic N) is 4. The minimum atomic E-state index is -4.47. The summed E-state index contributed by atoms with van der Waals surface area (Å²) in [7, 11) is 0. The lowest BCUT2D eigenvalue weighted by Gasteiger charge is -2.36. The number of nitrogen functional groups attached to an aromatic ring is 1. The summed E-state index contributed by atoms with van der Waals surface area (Å²) in [6, 6.07) is 7.93. The molecule has 3 aromatic rings. The zero-order valence-corrected chi connectivity index (χ0v) is 16.5. The summed E-state index contributed by atoms with van der Waals surface area (Å²) in [5, 5.41) is 0. The van der Waals surface area contributed by atoms with Crippen LogP contribution in [-0.4, -0.2) is 32.3 Å². The van der Waals surface area contributed by atoms with Gasteiger partial charge in [-0.15, -0.1) is 0 Å². The van der Waals surface area contributed by atoms with Gasteiger partial charge in [0.1, 0.15) is 0 Å². The van der Waals surface area contributed by atoms with Crippen molar-refractivity contribution in [2.24, 2.45) is 0 Å². The lowest BCUT2D eigenvalue weighted by atomic mass is 9.92. The predicted octanol–water partition coefficient (Wildman–Crippen LogP) is 4.51. The number of pyridine rings is 1. The largest absolute Gasteiger partial charge is 0.416 e. The smallest absolute Gasteiger partial charge is 0.368 e. The standard InChI is InChI=1S/C22H20F3N5O/c23-22(24,25)16-7-3-5-14(11-16)17-13-28-21(26)29-19(17)18-8-1-2-10-30(18)20(31)15-6-4-9-27-12-15/h3-7,9,11-13,18H,1-2,8,10H2,(H2,26,28,29)/t18-/m0/s1. The van der Waals surface area contributed by atoms with E-state index in [1.807, 2.05) is 0 Å². The Kier molecular flexibility index (Phi) is 5.58. The molecule has 1 fully saturated rings. The van der Waals surface area contributed by atoms with Gasteiger partial charge in [-0.3, -0.25) is 9.78 Å². The third-order valence-corrected chi connectivity index (χ3v) is 5.33. The molecule has 0 spiro atoms. The molecule has 2 aromatic heterocycles. The summed E-state index contributed by atoms with van der Waals surface area (Å²) < 4.78 is 39.7. The number of alkyl halides is 3. The quantitative estimate of drug-likeness (QED) is 0.665. The third-order valence-electron chi connectivity index (χ3n) is 5.33. The van der Waals surface area contributed by atoms with Crippen LogP contribution in [0.2, 0.25) is 0 Å². The molecule has 31 heavy (non-hydrogen) atoms. The van der Waals surface area contributed by atoms with Gasteiger partial charge in [-0.1, -0.05) is 12.1 Å². The van der Waals surface area contributed by atoms with Gasteiger partial charge in [0.05, 0.1) is 22.9 Å². The highest BCUT2D eigenvalue weighted by molar-refractivity contribution is 5.94. The number of aromatic nitrogens is 3. The molecule has 0 bridgehead atoms. The lowest BCUT2D eigenvalue weighted by Crippen LogP contribution is -2.39. The number of anilines is 1. The second-order valence-electron chi connectivity index (χ2n) is 7.36. The molecule has 6 nitrogen and oxygen atoms in total. The topological polar surface area (TPSA) is 85.0 Å². The molecule has 0 aliphatic carbocycles. The van der Waals surface area contributed by atoms with Crippen LogP contribution in [0.3, 0.4) is 0 Å². The number of benzene rings is 1. The van der Waals surface area contributed by atoms with E-state index in [4.69, 9.17) is 5.73 Å². The summed E-state index contributed by atoms with van der Waals surface area (Å²) in [5.41, 5.74) is 6.70. The van der Waals surface area contributed by atoms with Crippen molar-refractivity contribution in [3.8, 4) is 11.1 Å². The normalized spacial score (nSPS) is 16.9. The maximum Gasteiger partial charge on any atom is 0.416 e. The average Bonchev–Trinajstić information content (AvgIpc) is 2.78. The molecule has 1 aliphatic rings. The summed E-state index contributed by atoms with van der Waals surface area (Å²) in [6.45, 7) is 0.504. The van der Waals surface area contributed by atoms with E-state index in [1.165, 1.54) is 18.5 Å². The molecule has 2 N–H and O–H groups in total. The van der Waals surface area contributed by atoms with Gasteiger partial charge in [-0.25, -0.2) is 9.97 Å². The fraction of sp³-hybridized carbons (Fsp3) is 0.273. The van der Waals surface area contributed by atoms with Crippen LogP contribution >= 0.6 is 0 Å². The molecule has 1 saturated heterocycles. The average molecular weight is 427 g/mol. The number of amides is 1. The number of rotatable bonds is 3. The van der Waals surface area contributed by atoms with Gasteiger partial charge >= 0.3 is 6.18 Å². The van der Waals surface area contributed by atoms with E-state index in [1.54, 1.807) is 29.3 Å². The fourth-order valence-electron chi connectivity index (χ4n) is 3.86. The highest BCUT2D eigenvalue weighted by atomic mass is 19.4. The van der Waals surface area contributed by atoms with Crippen molar-refractivity contribution in [2.75, 3.05) is 12.3 Å². The Hall–Kier alpha value is -3.49. The van der Waals surface area contributed by atoms with Gasteiger partial charge in [0.25, 0.3) is 5.91 Å². The Labute approximate surface area is 177 Å². The number of carbonyl (C=O) groups is 1. The third kappa shape index (κ3) is 4.35. The van der Waals surface area contributed by atoms with Crippen LogP contribution in [0, 0.1) is 0 Å². The molecular formula is C22H20F3N5O. The first kappa shape index (κ1) is 20.8. The van der Waals surface area contributed by atoms with Crippen molar-refractivity contribution < 1.29 is 18.0 Å². The Bertz CT molecular complexity index is 1090. The summed E-state index contributed by atoms with van der Waals surface area (Å²) >= 11 is 0. The van der Waals surface area contributed by atoms with Crippen molar-refractivity contribution in [3.05, 3.63) is 71.8 Å². The number of nitrogens with two attached hydrogens (primary N) is 1. The predicted molar refractivity (Wildman–Crippen MR) is 109 cm³/mol. The number of piperidine rings is 1. The Morgan fingerprint density at radius 3 is 2.71 bits per heavy atom. The van der Waals surface area contributed by atoms with Crippen LogP contribution in [-0.2, 0) is 6.18 Å². The number of likely N-dealkylation sites (tertiary alicyclic amines) is 1. The number of halogens is 3. The van der Waals surface area contributed by atoms with E-state index in [2.05, 4.69) is 15.0 Å².